The molecule has 0 aliphatic carbocycles. The quantitative estimate of drug-likeness (QED) is 0.533. The summed E-state index contributed by atoms with van der Waals surface area (Å²) in [7, 11) is 1.51. The van der Waals surface area contributed by atoms with Crippen LogP contribution in [0.3, 0.4) is 0 Å². The van der Waals surface area contributed by atoms with E-state index in [2.05, 4.69) is 10.3 Å². The summed E-state index contributed by atoms with van der Waals surface area (Å²) in [5.74, 6) is -1.15. The fourth-order valence-corrected chi connectivity index (χ4v) is 4.12. The molecule has 1 aliphatic rings. The summed E-state index contributed by atoms with van der Waals surface area (Å²) in [6, 6.07) is 8.89. The average molecular weight is 461 g/mol. The standard InChI is InChI=1S/C23H22F2N2O4S/c1-29-21-10-15(5-7-20(21)31-12-14-4-6-17(24)18(25)9-14)23-27-19(13-32-23)22(28)26-11-16-3-2-8-30-16/h4-7,9-10,13,16H,2-3,8,11-12H2,1H3,(H,26,28). The molecule has 4 rings (SSSR count). The third-order valence-corrected chi connectivity index (χ3v) is 5.93. The third kappa shape index (κ3) is 5.23. The zero-order valence-corrected chi connectivity index (χ0v) is 18.2. The van der Waals surface area contributed by atoms with E-state index in [4.69, 9.17) is 14.2 Å². The van der Waals surface area contributed by atoms with Gasteiger partial charge in [-0.15, -0.1) is 11.3 Å². The molecule has 1 unspecified atom stereocenters. The Bertz CT molecular complexity index is 1100. The van der Waals surface area contributed by atoms with Gasteiger partial charge in [-0.1, -0.05) is 6.07 Å². The second kappa shape index (κ2) is 10.1. The van der Waals surface area contributed by atoms with Crippen LogP contribution in [-0.2, 0) is 11.3 Å². The largest absolute Gasteiger partial charge is 0.493 e. The lowest BCUT2D eigenvalue weighted by molar-refractivity contribution is 0.0854. The zero-order valence-electron chi connectivity index (χ0n) is 17.4. The Morgan fingerprint density at radius 2 is 2.09 bits per heavy atom. The smallest absolute Gasteiger partial charge is 0.270 e. The minimum absolute atomic E-state index is 0.0547. The summed E-state index contributed by atoms with van der Waals surface area (Å²) < 4.78 is 43.1. The van der Waals surface area contributed by atoms with Crippen molar-refractivity contribution in [1.82, 2.24) is 10.3 Å². The lowest BCUT2D eigenvalue weighted by Gasteiger charge is -2.12. The number of hydrogen-bond donors (Lipinski definition) is 1. The van der Waals surface area contributed by atoms with Crippen molar-refractivity contribution in [1.29, 1.82) is 0 Å². The van der Waals surface area contributed by atoms with Crippen LogP contribution >= 0.6 is 11.3 Å². The van der Waals surface area contributed by atoms with Gasteiger partial charge in [-0.2, -0.15) is 0 Å². The molecule has 1 fully saturated rings. The maximum absolute atomic E-state index is 13.4. The van der Waals surface area contributed by atoms with Crippen molar-refractivity contribution in [2.45, 2.75) is 25.6 Å². The van der Waals surface area contributed by atoms with Crippen LogP contribution in [0.5, 0.6) is 11.5 Å². The second-order valence-electron chi connectivity index (χ2n) is 7.29. The van der Waals surface area contributed by atoms with Gasteiger partial charge >= 0.3 is 0 Å². The highest BCUT2D eigenvalue weighted by atomic mass is 32.1. The number of hydrogen-bond acceptors (Lipinski definition) is 6. The third-order valence-electron chi connectivity index (χ3n) is 5.04. The van der Waals surface area contributed by atoms with Crippen LogP contribution in [-0.4, -0.2) is 37.3 Å². The van der Waals surface area contributed by atoms with Gasteiger partial charge in [0.05, 0.1) is 13.2 Å². The molecule has 3 aromatic rings. The van der Waals surface area contributed by atoms with Gasteiger partial charge in [-0.05, 0) is 48.7 Å². The monoisotopic (exact) mass is 460 g/mol. The van der Waals surface area contributed by atoms with E-state index in [9.17, 15) is 13.6 Å². The summed E-state index contributed by atoms with van der Waals surface area (Å²) in [6.45, 7) is 1.27. The fourth-order valence-electron chi connectivity index (χ4n) is 3.32. The first-order valence-corrected chi connectivity index (χ1v) is 11.0. The fraction of sp³-hybridized carbons (Fsp3) is 0.304. The summed E-state index contributed by atoms with van der Waals surface area (Å²) in [4.78, 5) is 16.8. The van der Waals surface area contributed by atoms with E-state index in [-0.39, 0.29) is 18.6 Å². The van der Waals surface area contributed by atoms with E-state index in [1.54, 1.807) is 23.6 Å². The number of carbonyl (C=O) groups is 1. The molecule has 0 radical (unpaired) electrons. The van der Waals surface area contributed by atoms with Crippen molar-refractivity contribution in [3.8, 4) is 22.1 Å². The number of ether oxygens (including phenoxy) is 3. The first-order valence-electron chi connectivity index (χ1n) is 10.1. The maximum atomic E-state index is 13.4. The molecule has 168 valence electrons. The highest BCUT2D eigenvalue weighted by Crippen LogP contribution is 2.34. The van der Waals surface area contributed by atoms with Crippen LogP contribution in [0.2, 0.25) is 0 Å². The minimum Gasteiger partial charge on any atom is -0.493 e. The van der Waals surface area contributed by atoms with E-state index in [1.807, 2.05) is 0 Å². The number of nitrogens with one attached hydrogen (secondary N) is 1. The number of amides is 1. The zero-order chi connectivity index (χ0) is 22.5. The average Bonchev–Trinajstić information content (AvgIpc) is 3.50. The number of halogens is 2. The first kappa shape index (κ1) is 22.2. The van der Waals surface area contributed by atoms with Gasteiger partial charge in [0.2, 0.25) is 0 Å². The summed E-state index contributed by atoms with van der Waals surface area (Å²) >= 11 is 1.35. The molecular formula is C23H22F2N2O4S. The summed E-state index contributed by atoms with van der Waals surface area (Å²) in [5.41, 5.74) is 1.61. The minimum atomic E-state index is -0.923. The van der Waals surface area contributed by atoms with Crippen molar-refractivity contribution >= 4 is 17.2 Å². The Hall–Kier alpha value is -3.04. The number of carbonyl (C=O) groups excluding carboxylic acids is 1. The molecule has 1 aromatic heterocycles. The van der Waals surface area contributed by atoms with Gasteiger partial charge in [-0.25, -0.2) is 13.8 Å². The molecule has 1 aliphatic heterocycles. The van der Waals surface area contributed by atoms with E-state index in [0.717, 1.165) is 37.1 Å². The molecule has 0 saturated carbocycles. The highest BCUT2D eigenvalue weighted by molar-refractivity contribution is 7.13. The van der Waals surface area contributed by atoms with E-state index in [0.29, 0.717) is 34.3 Å². The molecule has 0 bridgehead atoms. The molecule has 1 atom stereocenters. The van der Waals surface area contributed by atoms with Crippen LogP contribution in [0.1, 0.15) is 28.9 Å². The predicted octanol–water partition coefficient (Wildman–Crippen LogP) is 4.58. The number of nitrogens with zero attached hydrogens (tertiary/aromatic N) is 1. The summed E-state index contributed by atoms with van der Waals surface area (Å²) in [5, 5.41) is 5.24. The molecule has 0 spiro atoms. The van der Waals surface area contributed by atoms with Crippen LogP contribution in [0.25, 0.3) is 10.6 Å². The van der Waals surface area contributed by atoms with Crippen molar-refractivity contribution in [3.63, 3.8) is 0 Å². The second-order valence-corrected chi connectivity index (χ2v) is 8.14. The molecule has 6 nitrogen and oxygen atoms in total. The Labute approximate surface area is 188 Å². The lowest BCUT2D eigenvalue weighted by Crippen LogP contribution is -2.31. The number of thiazole rings is 1. The number of aromatic nitrogens is 1. The van der Waals surface area contributed by atoms with Gasteiger partial charge in [0, 0.05) is 24.1 Å². The van der Waals surface area contributed by atoms with Gasteiger partial charge in [0.1, 0.15) is 17.3 Å². The SMILES string of the molecule is COc1cc(-c2nc(C(=O)NCC3CCCO3)cs2)ccc1OCc1ccc(F)c(F)c1. The normalized spacial score (nSPS) is 15.5. The van der Waals surface area contributed by atoms with E-state index in [1.165, 1.54) is 24.5 Å². The first-order chi connectivity index (χ1) is 15.5. The predicted molar refractivity (Wildman–Crippen MR) is 116 cm³/mol. The Balaban J connectivity index is 1.41. The van der Waals surface area contributed by atoms with Crippen molar-refractivity contribution in [3.05, 3.63) is 64.7 Å². The van der Waals surface area contributed by atoms with E-state index >= 15 is 0 Å². The Kier molecular flexibility index (Phi) is 6.96. The Morgan fingerprint density at radius 1 is 1.22 bits per heavy atom. The number of rotatable bonds is 8. The van der Waals surface area contributed by atoms with Crippen molar-refractivity contribution < 1.29 is 27.8 Å². The Morgan fingerprint density at radius 3 is 2.84 bits per heavy atom. The van der Waals surface area contributed by atoms with Crippen LogP contribution < -0.4 is 14.8 Å². The molecule has 2 heterocycles. The lowest BCUT2D eigenvalue weighted by atomic mass is 10.2. The maximum Gasteiger partial charge on any atom is 0.270 e. The summed E-state index contributed by atoms with van der Waals surface area (Å²) in [6.07, 6.45) is 2.04. The van der Waals surface area contributed by atoms with Crippen molar-refractivity contribution in [2.24, 2.45) is 0 Å². The van der Waals surface area contributed by atoms with Gasteiger partial charge < -0.3 is 19.5 Å². The van der Waals surface area contributed by atoms with E-state index < -0.39 is 11.6 Å². The molecular weight excluding hydrogens is 438 g/mol. The van der Waals surface area contributed by atoms with Gasteiger partial charge in [0.25, 0.3) is 5.91 Å². The number of benzene rings is 2. The van der Waals surface area contributed by atoms with Gasteiger partial charge in [0.15, 0.2) is 23.1 Å². The molecule has 1 N–H and O–H groups in total. The number of methoxy groups -OCH3 is 1. The van der Waals surface area contributed by atoms with Gasteiger partial charge in [-0.3, -0.25) is 4.79 Å². The van der Waals surface area contributed by atoms with Crippen molar-refractivity contribution in [2.75, 3.05) is 20.3 Å². The van der Waals surface area contributed by atoms with Crippen LogP contribution in [0.4, 0.5) is 8.78 Å². The molecule has 32 heavy (non-hydrogen) atoms. The van der Waals surface area contributed by atoms with Crippen LogP contribution in [0, 0.1) is 11.6 Å². The molecule has 1 saturated heterocycles. The van der Waals surface area contributed by atoms with Crippen LogP contribution in [0.15, 0.2) is 41.8 Å². The molecule has 9 heteroatoms. The molecule has 2 aromatic carbocycles. The molecule has 1 amide bonds. The highest BCUT2D eigenvalue weighted by Gasteiger charge is 2.18. The topological polar surface area (TPSA) is 69.7 Å².